The van der Waals surface area contributed by atoms with Crippen molar-refractivity contribution >= 4 is 48.1 Å². The number of carbonyl (C=O) groups is 1. The van der Waals surface area contributed by atoms with E-state index in [4.69, 9.17) is 23.4 Å². The molecule has 1 atom stereocenters. The molecular formula is C52H64F4N2Na2O16S3. The van der Waals surface area contributed by atoms with Gasteiger partial charge in [0, 0.05) is 72.5 Å². The van der Waals surface area contributed by atoms with Gasteiger partial charge in [-0.3, -0.25) is 4.79 Å². The first-order chi connectivity index (χ1) is 36.1. The average molecular weight is 1190 g/mol. The van der Waals surface area contributed by atoms with Crippen LogP contribution < -0.4 is 78.7 Å². The van der Waals surface area contributed by atoms with E-state index in [1.807, 2.05) is 48.4 Å². The molecule has 2 aliphatic heterocycles. The van der Waals surface area contributed by atoms with Crippen LogP contribution in [0.15, 0.2) is 75.7 Å². The quantitative estimate of drug-likeness (QED) is 0.0102. The fraction of sp³-hybridized carbons (Fsp3) is 0.500. The van der Waals surface area contributed by atoms with Gasteiger partial charge < -0.3 is 46.7 Å². The van der Waals surface area contributed by atoms with Gasteiger partial charge in [-0.1, -0.05) is 33.3 Å². The molecule has 0 spiro atoms. The van der Waals surface area contributed by atoms with Crippen LogP contribution in [0.4, 0.5) is 23.2 Å². The van der Waals surface area contributed by atoms with Crippen LogP contribution in [-0.2, 0) is 64.9 Å². The van der Waals surface area contributed by atoms with E-state index in [-0.39, 0.29) is 124 Å². The Labute approximate surface area is 503 Å². The summed E-state index contributed by atoms with van der Waals surface area (Å²) in [6.07, 6.45) is 5.20. The molecule has 0 N–H and O–H groups in total. The second-order valence-electron chi connectivity index (χ2n) is 19.4. The van der Waals surface area contributed by atoms with Crippen molar-refractivity contribution in [2.24, 2.45) is 0 Å². The van der Waals surface area contributed by atoms with Gasteiger partial charge in [0.25, 0.3) is 0 Å². The van der Waals surface area contributed by atoms with E-state index in [9.17, 15) is 61.3 Å². The van der Waals surface area contributed by atoms with Crippen molar-refractivity contribution in [1.82, 2.24) is 4.58 Å². The molecule has 2 aromatic rings. The molecule has 0 bridgehead atoms. The summed E-state index contributed by atoms with van der Waals surface area (Å²) in [7, 11) is -12.6. The van der Waals surface area contributed by atoms with Crippen LogP contribution >= 0.6 is 0 Å². The van der Waals surface area contributed by atoms with Crippen molar-refractivity contribution in [3.05, 3.63) is 112 Å². The molecule has 1 aliphatic carbocycles. The predicted octanol–water partition coefficient (Wildman–Crippen LogP) is 0.721. The number of benzene rings is 3. The summed E-state index contributed by atoms with van der Waals surface area (Å²) in [6.45, 7) is 11.0. The fourth-order valence-electron chi connectivity index (χ4n) is 8.80. The first-order valence-electron chi connectivity index (χ1n) is 24.7. The number of anilines is 1. The largest absolute Gasteiger partial charge is 1.00 e. The number of fused-ring (bicyclic) bond motifs is 2. The number of nitrogens with zero attached hydrogens (tertiary/aromatic N) is 2. The van der Waals surface area contributed by atoms with Crippen molar-refractivity contribution < 1.29 is 148 Å². The van der Waals surface area contributed by atoms with Gasteiger partial charge in [-0.25, -0.2) is 38.6 Å². The van der Waals surface area contributed by atoms with Gasteiger partial charge in [-0.15, -0.1) is 0 Å². The second-order valence-corrected chi connectivity index (χ2v) is 23.8. The normalized spacial score (nSPS) is 15.8. The van der Waals surface area contributed by atoms with Gasteiger partial charge >= 0.3 is 65.1 Å². The number of esters is 1. The minimum atomic E-state index is -4.99. The van der Waals surface area contributed by atoms with Gasteiger partial charge in [0.2, 0.25) is 22.7 Å². The van der Waals surface area contributed by atoms with E-state index >= 15 is 0 Å². The third kappa shape index (κ3) is 21.2. The van der Waals surface area contributed by atoms with Crippen molar-refractivity contribution in [3.63, 3.8) is 0 Å². The molecule has 2 aromatic carbocycles. The van der Waals surface area contributed by atoms with Crippen LogP contribution in [0, 0.1) is 23.3 Å². The number of methoxy groups -OCH3 is 1. The van der Waals surface area contributed by atoms with E-state index in [1.54, 1.807) is 38.3 Å². The third-order valence-electron chi connectivity index (χ3n) is 12.6. The van der Waals surface area contributed by atoms with E-state index in [1.165, 1.54) is 12.1 Å². The van der Waals surface area contributed by atoms with Crippen molar-refractivity contribution in [2.75, 3.05) is 89.4 Å². The minimum absolute atomic E-state index is 0. The Morgan fingerprint density at radius 3 is 1.95 bits per heavy atom. The average Bonchev–Trinajstić information content (AvgIpc) is 3.56. The summed E-state index contributed by atoms with van der Waals surface area (Å²) >= 11 is 0. The number of hydrogen-bond acceptors (Lipinski definition) is 17. The Bertz CT molecular complexity index is 3130. The van der Waals surface area contributed by atoms with Gasteiger partial charge in [-0.05, 0) is 91.6 Å². The standard InChI is InChI=1S/C52H66F4N2O16S3.2Na/c1-51(2,3)40-33-37(73-45-32-36(15-17-39(40)45)57(20-11-31-76(63,64)65)22-23-70-26-27-72-29-28-71-25-24-69-5)12-9-13-46-52(4,19-10-30-75(60,61)62)41-34-38(77(66,67)68)16-18-44(41)58(46)21-8-6-7-14-47(59)74-50-48(55)42(53)35-43(54)49(50)56;;/h9,12-13,15-18,32-35H,6-8,10-11,14,19-31H2,1-5H3,(H2-,60,61,62,63,64,65,66,67,68);;/q;2*+1/p-2. The topological polar surface area (TPSA) is 254 Å². The molecule has 0 fully saturated rings. The molecular weight excluding hydrogens is 1130 g/mol. The molecule has 3 aliphatic rings. The summed E-state index contributed by atoms with van der Waals surface area (Å²) < 4.78 is 198. The number of allylic oxidation sites excluding steroid dienone is 3. The molecule has 2 heterocycles. The Kier molecular flexibility index (Phi) is 28.0. The number of carbonyl (C=O) groups excluding carboxylic acids is 1. The molecule has 27 heteroatoms. The maximum Gasteiger partial charge on any atom is 1.00 e. The maximum atomic E-state index is 14.2. The van der Waals surface area contributed by atoms with Crippen LogP contribution in [0.3, 0.4) is 0 Å². The second kappa shape index (κ2) is 31.5. The zero-order chi connectivity index (χ0) is 56.8. The van der Waals surface area contributed by atoms with Crippen LogP contribution in [0.25, 0.3) is 17.4 Å². The summed E-state index contributed by atoms with van der Waals surface area (Å²) in [4.78, 5) is 13.8. The zero-order valence-corrected chi connectivity index (χ0v) is 51.9. The first-order valence-corrected chi connectivity index (χ1v) is 29.3. The number of unbranched alkanes of at least 4 members (excludes halogenated alkanes) is 2. The van der Waals surface area contributed by atoms with Gasteiger partial charge in [0.05, 0.1) is 70.8 Å². The SMILES string of the molecule is COCCOCCOCCOCC[N+](CCCS(=O)(=O)[O-])=c1ccc2c(C(C)(C)C)cc(/C=C/C=C3/N(CCCCCC(=O)Oc4c(F)c(F)cc(F)c4F)c4ccc(S(=O)(=O)[O-])cc4C3(C)CCCS(=O)(=O)[O-])oc-2c1.[Na+].[Na+]. The van der Waals surface area contributed by atoms with Crippen molar-refractivity contribution in [2.45, 2.75) is 88.4 Å². The monoisotopic (exact) mass is 1190 g/mol. The predicted molar refractivity (Wildman–Crippen MR) is 273 cm³/mol. The smallest absolute Gasteiger partial charge is 0.748 e. The van der Waals surface area contributed by atoms with Crippen LogP contribution in [0.2, 0.25) is 0 Å². The van der Waals surface area contributed by atoms with Crippen LogP contribution in [-0.4, -0.2) is 129 Å². The van der Waals surface area contributed by atoms with Gasteiger partial charge in [-0.2, -0.15) is 8.78 Å². The Morgan fingerprint density at radius 2 is 1.35 bits per heavy atom. The maximum absolute atomic E-state index is 14.2. The molecule has 0 saturated carbocycles. The Morgan fingerprint density at radius 1 is 0.747 bits per heavy atom. The van der Waals surface area contributed by atoms with E-state index in [0.29, 0.717) is 79.8 Å². The summed E-state index contributed by atoms with van der Waals surface area (Å²) in [6, 6.07) is 11.2. The Hall–Kier alpha value is -3.09. The van der Waals surface area contributed by atoms with Crippen molar-refractivity contribution in [1.29, 1.82) is 0 Å². The molecule has 79 heavy (non-hydrogen) atoms. The van der Waals surface area contributed by atoms with E-state index < -0.39 is 99.0 Å². The third-order valence-corrected chi connectivity index (χ3v) is 15.0. The summed E-state index contributed by atoms with van der Waals surface area (Å²) in [5, 5.41) is 0.650. The number of ether oxygens (including phenoxy) is 5. The first kappa shape index (κ1) is 70.2. The molecule has 426 valence electrons. The summed E-state index contributed by atoms with van der Waals surface area (Å²) in [5.41, 5.74) is 1.33. The van der Waals surface area contributed by atoms with Crippen LogP contribution in [0.5, 0.6) is 5.75 Å². The molecule has 0 saturated heterocycles. The van der Waals surface area contributed by atoms with Crippen molar-refractivity contribution in [3.8, 4) is 17.1 Å². The van der Waals surface area contributed by atoms with E-state index in [2.05, 4.69) is 4.74 Å². The molecule has 1 unspecified atom stereocenters. The zero-order valence-electron chi connectivity index (χ0n) is 45.4. The van der Waals surface area contributed by atoms with Gasteiger partial charge in [0.1, 0.15) is 34.8 Å². The van der Waals surface area contributed by atoms with E-state index in [0.717, 1.165) is 17.2 Å². The van der Waals surface area contributed by atoms with Crippen LogP contribution in [0.1, 0.15) is 89.5 Å². The molecule has 5 rings (SSSR count). The number of hydrogen-bond donors (Lipinski definition) is 0. The fourth-order valence-corrected chi connectivity index (χ4v) is 10.3. The van der Waals surface area contributed by atoms with Gasteiger partial charge in [0.15, 0.2) is 18.2 Å². The molecule has 0 aromatic heterocycles. The molecule has 0 radical (unpaired) electrons. The number of halogens is 4. The minimum Gasteiger partial charge on any atom is -0.748 e. The molecule has 0 amide bonds. The Balaban J connectivity index is 0.00000820. The number of rotatable bonds is 30. The summed E-state index contributed by atoms with van der Waals surface area (Å²) in [5.74, 6) is -10.4. The molecule has 18 nitrogen and oxygen atoms in total.